The predicted octanol–water partition coefficient (Wildman–Crippen LogP) is 2.65. The lowest BCUT2D eigenvalue weighted by Gasteiger charge is -2.07. The average Bonchev–Trinajstić information content (AvgIpc) is 3.01. The quantitative estimate of drug-likeness (QED) is 0.799. The van der Waals surface area contributed by atoms with Crippen LogP contribution in [0, 0.1) is 0 Å². The van der Waals surface area contributed by atoms with Gasteiger partial charge in [-0.2, -0.15) is 0 Å². The summed E-state index contributed by atoms with van der Waals surface area (Å²) < 4.78 is 5.58. The Balaban J connectivity index is 2.27. The maximum atomic E-state index is 10.9. The molecular weight excluding hydrogens is 212 g/mol. The largest absolute Gasteiger partial charge is 0.490 e. The van der Waals surface area contributed by atoms with Gasteiger partial charge in [0.2, 0.25) is 0 Å². The predicted molar refractivity (Wildman–Crippen MR) is 58.8 cm³/mol. The Morgan fingerprint density at radius 2 is 2.20 bits per heavy atom. The van der Waals surface area contributed by atoms with Crippen LogP contribution in [0.2, 0.25) is 0 Å². The van der Waals surface area contributed by atoms with E-state index in [0.717, 1.165) is 17.7 Å². The second-order valence-electron chi connectivity index (χ2n) is 3.52. The van der Waals surface area contributed by atoms with Crippen LogP contribution in [0.5, 0.6) is 5.75 Å². The van der Waals surface area contributed by atoms with E-state index in [1.807, 2.05) is 12.3 Å². The van der Waals surface area contributed by atoms with E-state index in [9.17, 15) is 4.79 Å². The van der Waals surface area contributed by atoms with Crippen LogP contribution in [0.25, 0.3) is 0 Å². The molecule has 0 atom stereocenters. The van der Waals surface area contributed by atoms with E-state index >= 15 is 0 Å². The van der Waals surface area contributed by atoms with E-state index in [4.69, 9.17) is 9.84 Å². The molecule has 1 saturated carbocycles. The fourth-order valence-corrected chi connectivity index (χ4v) is 1.74. The summed E-state index contributed by atoms with van der Waals surface area (Å²) in [4.78, 5) is 11.8. The van der Waals surface area contributed by atoms with Crippen molar-refractivity contribution in [1.82, 2.24) is 0 Å². The summed E-state index contributed by atoms with van der Waals surface area (Å²) >= 11 is 1.52. The summed E-state index contributed by atoms with van der Waals surface area (Å²) in [7, 11) is 0. The molecule has 4 heteroatoms. The fourth-order valence-electron chi connectivity index (χ4n) is 1.26. The smallest absolute Gasteiger partial charge is 0.335 e. The van der Waals surface area contributed by atoms with Crippen molar-refractivity contribution in [3.8, 4) is 5.75 Å². The van der Waals surface area contributed by atoms with Crippen LogP contribution in [0.15, 0.2) is 23.1 Å². The van der Waals surface area contributed by atoms with Crippen LogP contribution in [0.3, 0.4) is 0 Å². The lowest BCUT2D eigenvalue weighted by Crippen LogP contribution is -2.00. The first-order chi connectivity index (χ1) is 7.19. The molecule has 0 bridgehead atoms. The molecule has 1 fully saturated rings. The maximum absolute atomic E-state index is 10.9. The van der Waals surface area contributed by atoms with Gasteiger partial charge in [-0.1, -0.05) is 0 Å². The number of thioether (sulfide) groups is 1. The Morgan fingerprint density at radius 3 is 2.73 bits per heavy atom. The normalized spacial score (nSPS) is 15.0. The standard InChI is InChI=1S/C11H12O3S/c1-15-10-5-7(11(12)13)4-9(6-10)14-8-2-3-8/h4-6,8H,2-3H2,1H3,(H,12,13). The van der Waals surface area contributed by atoms with Crippen molar-refractivity contribution in [3.63, 3.8) is 0 Å². The minimum atomic E-state index is -0.911. The van der Waals surface area contributed by atoms with E-state index < -0.39 is 5.97 Å². The van der Waals surface area contributed by atoms with Crippen molar-refractivity contribution >= 4 is 17.7 Å². The molecule has 15 heavy (non-hydrogen) atoms. The number of carboxylic acids is 1. The maximum Gasteiger partial charge on any atom is 0.335 e. The third kappa shape index (κ3) is 2.65. The van der Waals surface area contributed by atoms with E-state index in [0.29, 0.717) is 11.9 Å². The summed E-state index contributed by atoms with van der Waals surface area (Å²) in [5.74, 6) is -0.242. The number of hydrogen-bond acceptors (Lipinski definition) is 3. The molecule has 1 N–H and O–H groups in total. The van der Waals surface area contributed by atoms with Crippen molar-refractivity contribution in [2.24, 2.45) is 0 Å². The summed E-state index contributed by atoms with van der Waals surface area (Å²) in [5.41, 5.74) is 0.289. The highest BCUT2D eigenvalue weighted by Gasteiger charge is 2.24. The number of benzene rings is 1. The highest BCUT2D eigenvalue weighted by atomic mass is 32.2. The SMILES string of the molecule is CSc1cc(OC2CC2)cc(C(=O)O)c1. The summed E-state index contributed by atoms with van der Waals surface area (Å²) in [6.45, 7) is 0. The van der Waals surface area contributed by atoms with Gasteiger partial charge in [-0.05, 0) is 37.3 Å². The molecule has 1 aromatic rings. The Kier molecular flexibility index (Phi) is 2.86. The van der Waals surface area contributed by atoms with Gasteiger partial charge in [-0.15, -0.1) is 11.8 Å². The first-order valence-corrected chi connectivity index (χ1v) is 6.00. The lowest BCUT2D eigenvalue weighted by molar-refractivity contribution is 0.0696. The molecular formula is C11H12O3S. The van der Waals surface area contributed by atoms with Crippen molar-refractivity contribution in [2.75, 3.05) is 6.26 Å². The zero-order valence-corrected chi connectivity index (χ0v) is 9.21. The van der Waals surface area contributed by atoms with E-state index in [1.165, 1.54) is 11.8 Å². The highest BCUT2D eigenvalue weighted by Crippen LogP contribution is 2.30. The Morgan fingerprint density at radius 1 is 1.47 bits per heavy atom. The van der Waals surface area contributed by atoms with Gasteiger partial charge in [0.1, 0.15) is 5.75 Å². The van der Waals surface area contributed by atoms with Crippen molar-refractivity contribution in [3.05, 3.63) is 23.8 Å². The van der Waals surface area contributed by atoms with Gasteiger partial charge in [0, 0.05) is 4.90 Å². The lowest BCUT2D eigenvalue weighted by atomic mass is 10.2. The van der Waals surface area contributed by atoms with Gasteiger partial charge in [0.25, 0.3) is 0 Å². The molecule has 0 saturated heterocycles. The summed E-state index contributed by atoms with van der Waals surface area (Å²) in [5, 5.41) is 8.91. The van der Waals surface area contributed by atoms with Crippen LogP contribution in [-0.4, -0.2) is 23.4 Å². The first-order valence-electron chi connectivity index (χ1n) is 4.78. The third-order valence-electron chi connectivity index (χ3n) is 2.19. The second kappa shape index (κ2) is 4.14. The number of carbonyl (C=O) groups is 1. The molecule has 1 aliphatic rings. The molecule has 0 heterocycles. The average molecular weight is 224 g/mol. The summed E-state index contributed by atoms with van der Waals surface area (Å²) in [6, 6.07) is 5.13. The molecule has 80 valence electrons. The van der Waals surface area contributed by atoms with Crippen LogP contribution in [-0.2, 0) is 0 Å². The highest BCUT2D eigenvalue weighted by molar-refractivity contribution is 7.98. The molecule has 0 unspecified atom stereocenters. The van der Waals surface area contributed by atoms with E-state index in [-0.39, 0.29) is 5.56 Å². The molecule has 1 aliphatic carbocycles. The minimum absolute atomic E-state index is 0.289. The van der Waals surface area contributed by atoms with Gasteiger partial charge < -0.3 is 9.84 Å². The molecule has 0 spiro atoms. The van der Waals surface area contributed by atoms with Crippen molar-refractivity contribution in [1.29, 1.82) is 0 Å². The van der Waals surface area contributed by atoms with Crippen LogP contribution < -0.4 is 4.74 Å². The van der Waals surface area contributed by atoms with Gasteiger partial charge in [-0.3, -0.25) is 0 Å². The molecule has 1 aromatic carbocycles. The second-order valence-corrected chi connectivity index (χ2v) is 4.40. The van der Waals surface area contributed by atoms with E-state index in [2.05, 4.69) is 0 Å². The first kappa shape index (κ1) is 10.4. The summed E-state index contributed by atoms with van der Waals surface area (Å²) in [6.07, 6.45) is 4.36. The zero-order chi connectivity index (χ0) is 10.8. The molecule has 0 aliphatic heterocycles. The topological polar surface area (TPSA) is 46.5 Å². The molecule has 0 aromatic heterocycles. The van der Waals surface area contributed by atoms with Crippen molar-refractivity contribution in [2.45, 2.75) is 23.8 Å². The minimum Gasteiger partial charge on any atom is -0.490 e. The van der Waals surface area contributed by atoms with E-state index in [1.54, 1.807) is 12.1 Å². The van der Waals surface area contributed by atoms with Crippen molar-refractivity contribution < 1.29 is 14.6 Å². The number of aromatic carboxylic acids is 1. The monoisotopic (exact) mass is 224 g/mol. The Labute approximate surface area is 92.4 Å². The number of carboxylic acid groups (broad SMARTS) is 1. The van der Waals surface area contributed by atoms with Gasteiger partial charge in [0.05, 0.1) is 11.7 Å². The molecule has 3 nitrogen and oxygen atoms in total. The van der Waals surface area contributed by atoms with Crippen LogP contribution in [0.4, 0.5) is 0 Å². The Bertz CT molecular complexity index is 385. The van der Waals surface area contributed by atoms with Crippen LogP contribution >= 0.6 is 11.8 Å². The van der Waals surface area contributed by atoms with Crippen LogP contribution in [0.1, 0.15) is 23.2 Å². The molecule has 0 amide bonds. The number of hydrogen-bond donors (Lipinski definition) is 1. The van der Waals surface area contributed by atoms with Gasteiger partial charge >= 0.3 is 5.97 Å². The van der Waals surface area contributed by atoms with Gasteiger partial charge in [0.15, 0.2) is 0 Å². The Hall–Kier alpha value is -1.16. The molecule has 2 rings (SSSR count). The molecule has 0 radical (unpaired) electrons. The third-order valence-corrected chi connectivity index (χ3v) is 2.90. The number of ether oxygens (including phenoxy) is 1. The fraction of sp³-hybridized carbons (Fsp3) is 0.364. The number of rotatable bonds is 4. The zero-order valence-electron chi connectivity index (χ0n) is 8.40. The van der Waals surface area contributed by atoms with Gasteiger partial charge in [-0.25, -0.2) is 4.79 Å².